The Bertz CT molecular complexity index is 2870. The zero-order valence-corrected chi connectivity index (χ0v) is 33.1. The van der Waals surface area contributed by atoms with Crippen LogP contribution in [0.15, 0.2) is 249 Å². The summed E-state index contributed by atoms with van der Waals surface area (Å²) >= 11 is 0. The van der Waals surface area contributed by atoms with Crippen LogP contribution in [-0.2, 0) is 0 Å². The summed E-state index contributed by atoms with van der Waals surface area (Å²) in [5.41, 5.74) is 8.24. The number of hydrogen-bond acceptors (Lipinski definition) is 1. The fraction of sp³-hybridized carbons (Fsp3) is 0. The van der Waals surface area contributed by atoms with Gasteiger partial charge in [0, 0.05) is 17.1 Å². The molecule has 0 unspecified atom stereocenters. The summed E-state index contributed by atoms with van der Waals surface area (Å²) in [7, 11) is -2.84. The summed E-state index contributed by atoms with van der Waals surface area (Å²) in [5, 5.41) is 10.5. The summed E-state index contributed by atoms with van der Waals surface area (Å²) in [4.78, 5) is 2.36. The van der Waals surface area contributed by atoms with Crippen LogP contribution in [0, 0.1) is 0 Å². The number of para-hydroxylation sites is 1. The zero-order chi connectivity index (χ0) is 38.7. The van der Waals surface area contributed by atoms with Gasteiger partial charge >= 0.3 is 0 Å². The first kappa shape index (κ1) is 35.2. The lowest BCUT2D eigenvalue weighted by Gasteiger charge is -2.36. The number of fused-ring (bicyclic) bond motifs is 2. The molecule has 10 rings (SSSR count). The van der Waals surface area contributed by atoms with Gasteiger partial charge in [-0.25, -0.2) is 0 Å². The minimum Gasteiger partial charge on any atom is -0.311 e. The average molecular weight is 756 g/mol. The third-order valence-electron chi connectivity index (χ3n) is 11.6. The van der Waals surface area contributed by atoms with E-state index < -0.39 is 8.07 Å². The molecule has 10 aromatic carbocycles. The van der Waals surface area contributed by atoms with Crippen molar-refractivity contribution in [3.63, 3.8) is 0 Å². The van der Waals surface area contributed by atoms with Crippen molar-refractivity contribution in [1.82, 2.24) is 0 Å². The van der Waals surface area contributed by atoms with Crippen molar-refractivity contribution in [1.29, 1.82) is 0 Å². The molecule has 58 heavy (non-hydrogen) atoms. The van der Waals surface area contributed by atoms with Gasteiger partial charge in [0.1, 0.15) is 0 Å². The van der Waals surface area contributed by atoms with Crippen molar-refractivity contribution in [2.24, 2.45) is 0 Å². The van der Waals surface area contributed by atoms with Gasteiger partial charge in [0.2, 0.25) is 0 Å². The highest BCUT2D eigenvalue weighted by molar-refractivity contribution is 7.20. The van der Waals surface area contributed by atoms with Gasteiger partial charge in [-0.15, -0.1) is 0 Å². The fourth-order valence-corrected chi connectivity index (χ4v) is 13.9. The standard InChI is InChI=1S/C56H41NSi/c1-5-20-48(21-6-1)57(49-36-31-43(32-37-49)47-30-29-42-17-13-14-19-46(42)41-47)50-38-33-45(34-39-50)56-54-28-16-15-18-44(54)35-40-55(56)58(51-22-7-2-8-23-51,52-24-9-3-10-25-52)53-26-11-4-12-27-53/h1-41H. The monoisotopic (exact) mass is 755 g/mol. The Balaban J connectivity index is 1.14. The average Bonchev–Trinajstić information content (AvgIpc) is 3.31. The molecule has 2 heteroatoms. The summed E-state index contributed by atoms with van der Waals surface area (Å²) in [6.07, 6.45) is 0. The Morgan fingerprint density at radius 2 is 0.690 bits per heavy atom. The molecule has 0 atom stereocenters. The van der Waals surface area contributed by atoms with Crippen molar-refractivity contribution in [2.75, 3.05) is 4.90 Å². The van der Waals surface area contributed by atoms with Crippen LogP contribution in [0.4, 0.5) is 17.1 Å². The summed E-state index contributed by atoms with van der Waals surface area (Å²) < 4.78 is 0. The summed E-state index contributed by atoms with van der Waals surface area (Å²) in [6, 6.07) is 91.5. The Kier molecular flexibility index (Phi) is 9.31. The molecule has 0 spiro atoms. The summed E-state index contributed by atoms with van der Waals surface area (Å²) in [5.74, 6) is 0. The normalized spacial score (nSPS) is 11.4. The third kappa shape index (κ3) is 6.30. The van der Waals surface area contributed by atoms with Gasteiger partial charge in [0.15, 0.2) is 8.07 Å². The Labute approximate surface area is 341 Å². The van der Waals surface area contributed by atoms with Gasteiger partial charge in [0.05, 0.1) is 0 Å². The van der Waals surface area contributed by atoms with Gasteiger partial charge in [-0.2, -0.15) is 0 Å². The molecule has 0 aromatic heterocycles. The molecule has 0 N–H and O–H groups in total. The highest BCUT2D eigenvalue weighted by atomic mass is 28.3. The van der Waals surface area contributed by atoms with Crippen LogP contribution >= 0.6 is 0 Å². The van der Waals surface area contributed by atoms with Crippen LogP contribution in [0.3, 0.4) is 0 Å². The molecular weight excluding hydrogens is 715 g/mol. The van der Waals surface area contributed by atoms with Crippen molar-refractivity contribution >= 4 is 67.4 Å². The molecular formula is C56H41NSi. The van der Waals surface area contributed by atoms with Gasteiger partial charge in [-0.1, -0.05) is 206 Å². The molecule has 0 aliphatic heterocycles. The van der Waals surface area contributed by atoms with Crippen molar-refractivity contribution in [3.05, 3.63) is 249 Å². The molecule has 0 aliphatic rings. The van der Waals surface area contributed by atoms with Crippen LogP contribution < -0.4 is 25.6 Å². The third-order valence-corrected chi connectivity index (χ3v) is 16.4. The lowest BCUT2D eigenvalue weighted by molar-refractivity contribution is 1.28. The second-order valence-corrected chi connectivity index (χ2v) is 18.7. The first-order valence-corrected chi connectivity index (χ1v) is 22.0. The van der Waals surface area contributed by atoms with Crippen molar-refractivity contribution in [3.8, 4) is 22.3 Å². The maximum Gasteiger partial charge on any atom is 0.180 e. The lowest BCUT2D eigenvalue weighted by Crippen LogP contribution is -2.75. The van der Waals surface area contributed by atoms with E-state index in [-0.39, 0.29) is 0 Å². The quantitative estimate of drug-likeness (QED) is 0.105. The van der Waals surface area contributed by atoms with Crippen LogP contribution in [0.25, 0.3) is 43.8 Å². The van der Waals surface area contributed by atoms with Gasteiger partial charge in [-0.05, 0) is 107 Å². The molecule has 0 saturated heterocycles. The molecule has 274 valence electrons. The van der Waals surface area contributed by atoms with E-state index in [1.165, 1.54) is 64.5 Å². The molecule has 1 nitrogen and oxygen atoms in total. The molecule has 0 saturated carbocycles. The SMILES string of the molecule is c1ccc(N(c2ccc(-c3ccc4ccccc4c3)cc2)c2ccc(-c3c([Si](c4ccccc4)(c4ccccc4)c4ccccc4)ccc4ccccc34)cc2)cc1. The first-order valence-electron chi connectivity index (χ1n) is 20.0. The summed E-state index contributed by atoms with van der Waals surface area (Å²) in [6.45, 7) is 0. The minimum absolute atomic E-state index is 1.10. The number of benzene rings is 10. The highest BCUT2D eigenvalue weighted by Gasteiger charge is 2.43. The Morgan fingerprint density at radius 3 is 1.26 bits per heavy atom. The van der Waals surface area contributed by atoms with E-state index >= 15 is 0 Å². The van der Waals surface area contributed by atoms with Gasteiger partial charge < -0.3 is 4.90 Å². The van der Waals surface area contributed by atoms with E-state index in [9.17, 15) is 0 Å². The molecule has 0 radical (unpaired) electrons. The number of anilines is 3. The van der Waals surface area contributed by atoms with Crippen molar-refractivity contribution in [2.45, 2.75) is 0 Å². The number of nitrogens with zero attached hydrogens (tertiary/aromatic N) is 1. The fourth-order valence-electron chi connectivity index (χ4n) is 8.90. The highest BCUT2D eigenvalue weighted by Crippen LogP contribution is 2.38. The maximum absolute atomic E-state index is 2.84. The van der Waals surface area contributed by atoms with E-state index in [1.807, 2.05) is 0 Å². The van der Waals surface area contributed by atoms with E-state index in [4.69, 9.17) is 0 Å². The van der Waals surface area contributed by atoms with Crippen LogP contribution in [0.1, 0.15) is 0 Å². The van der Waals surface area contributed by atoms with E-state index in [0.717, 1.165) is 17.1 Å². The van der Waals surface area contributed by atoms with Gasteiger partial charge in [-0.3, -0.25) is 0 Å². The van der Waals surface area contributed by atoms with Crippen LogP contribution in [0.5, 0.6) is 0 Å². The molecule has 0 fully saturated rings. The largest absolute Gasteiger partial charge is 0.311 e. The molecule has 0 amide bonds. The van der Waals surface area contributed by atoms with Gasteiger partial charge in [0.25, 0.3) is 0 Å². The van der Waals surface area contributed by atoms with E-state index in [1.54, 1.807) is 0 Å². The maximum atomic E-state index is 2.43. The van der Waals surface area contributed by atoms with Crippen LogP contribution in [-0.4, -0.2) is 8.07 Å². The predicted molar refractivity (Wildman–Crippen MR) is 251 cm³/mol. The Hall–Kier alpha value is -7.26. The second-order valence-electron chi connectivity index (χ2n) is 14.9. The molecule has 0 heterocycles. The zero-order valence-electron chi connectivity index (χ0n) is 32.1. The molecule has 0 bridgehead atoms. The van der Waals surface area contributed by atoms with Crippen LogP contribution in [0.2, 0.25) is 0 Å². The lowest BCUT2D eigenvalue weighted by atomic mass is 9.97. The smallest absolute Gasteiger partial charge is 0.180 e. The Morgan fingerprint density at radius 1 is 0.276 bits per heavy atom. The van der Waals surface area contributed by atoms with Crippen molar-refractivity contribution < 1.29 is 0 Å². The topological polar surface area (TPSA) is 3.24 Å². The second kappa shape index (κ2) is 15.3. The molecule has 10 aromatic rings. The predicted octanol–water partition coefficient (Wildman–Crippen LogP) is 12.2. The number of hydrogen-bond donors (Lipinski definition) is 0. The van der Waals surface area contributed by atoms with E-state index in [2.05, 4.69) is 254 Å². The minimum atomic E-state index is -2.84. The van der Waals surface area contributed by atoms with E-state index in [0.29, 0.717) is 0 Å². The molecule has 0 aliphatic carbocycles. The number of rotatable bonds is 9. The first-order chi connectivity index (χ1) is 28.8.